The van der Waals surface area contributed by atoms with Crippen LogP contribution in [0.4, 0.5) is 13.2 Å². The van der Waals surface area contributed by atoms with Crippen LogP contribution in [0.25, 0.3) is 0 Å². The van der Waals surface area contributed by atoms with Crippen molar-refractivity contribution in [2.45, 2.75) is 25.2 Å². The minimum Gasteiger partial charge on any atom is -0.406 e. The van der Waals surface area contributed by atoms with Gasteiger partial charge in [-0.05, 0) is 30.5 Å². The first-order valence-corrected chi connectivity index (χ1v) is 5.14. The van der Waals surface area contributed by atoms with Crippen LogP contribution in [-0.4, -0.2) is 18.1 Å². The highest BCUT2D eigenvalue weighted by molar-refractivity contribution is 5.85. The third kappa shape index (κ3) is 6.09. The molecule has 0 heterocycles. The van der Waals surface area contributed by atoms with E-state index in [0.29, 0.717) is 18.4 Å². The maximum absolute atomic E-state index is 11.9. The van der Waals surface area contributed by atoms with Crippen LogP contribution < -0.4 is 10.5 Å². The van der Waals surface area contributed by atoms with Gasteiger partial charge >= 0.3 is 6.36 Å². The van der Waals surface area contributed by atoms with Crippen molar-refractivity contribution in [3.05, 3.63) is 29.8 Å². The van der Waals surface area contributed by atoms with E-state index in [1.807, 2.05) is 0 Å². The number of alkyl halides is 3. The van der Waals surface area contributed by atoms with Crippen LogP contribution in [0.3, 0.4) is 0 Å². The molecule has 1 rings (SSSR count). The van der Waals surface area contributed by atoms with Gasteiger partial charge in [-0.15, -0.1) is 25.6 Å². The van der Waals surface area contributed by atoms with E-state index in [1.54, 1.807) is 0 Å². The van der Waals surface area contributed by atoms with Crippen LogP contribution in [0, 0.1) is 0 Å². The fraction of sp³-hybridized carbons (Fsp3) is 0.455. The third-order valence-electron chi connectivity index (χ3n) is 2.22. The molecule has 18 heavy (non-hydrogen) atoms. The number of aliphatic hydroxyl groups excluding tert-OH is 1. The van der Waals surface area contributed by atoms with Crippen molar-refractivity contribution in [1.82, 2.24) is 0 Å². The Hall–Kier alpha value is -0.980. The molecule has 104 valence electrons. The monoisotopic (exact) mass is 285 g/mol. The molecule has 0 amide bonds. The van der Waals surface area contributed by atoms with E-state index in [9.17, 15) is 13.2 Å². The molecule has 1 atom stereocenters. The van der Waals surface area contributed by atoms with E-state index in [4.69, 9.17) is 10.8 Å². The van der Waals surface area contributed by atoms with Crippen molar-refractivity contribution in [1.29, 1.82) is 0 Å². The summed E-state index contributed by atoms with van der Waals surface area (Å²) in [7, 11) is 0. The molecule has 3 nitrogen and oxygen atoms in total. The number of halogens is 4. The van der Waals surface area contributed by atoms with Crippen molar-refractivity contribution in [2.75, 3.05) is 6.61 Å². The second-order valence-electron chi connectivity index (χ2n) is 3.59. The molecule has 7 heteroatoms. The molecule has 0 aliphatic carbocycles. The van der Waals surface area contributed by atoms with Gasteiger partial charge in [0.15, 0.2) is 0 Å². The average molecular weight is 286 g/mol. The lowest BCUT2D eigenvalue weighted by Gasteiger charge is -2.13. The summed E-state index contributed by atoms with van der Waals surface area (Å²) < 4.78 is 39.4. The Bertz CT molecular complexity index is 343. The molecular formula is C11H15ClF3NO2. The van der Waals surface area contributed by atoms with Crippen molar-refractivity contribution in [3.63, 3.8) is 0 Å². The highest BCUT2D eigenvalue weighted by Crippen LogP contribution is 2.24. The zero-order chi connectivity index (χ0) is 12.9. The molecule has 0 fully saturated rings. The van der Waals surface area contributed by atoms with Gasteiger partial charge in [-0.25, -0.2) is 0 Å². The average Bonchev–Trinajstić information content (AvgIpc) is 2.24. The third-order valence-corrected chi connectivity index (χ3v) is 2.22. The van der Waals surface area contributed by atoms with Crippen LogP contribution in [0.1, 0.15) is 24.4 Å². The zero-order valence-corrected chi connectivity index (χ0v) is 10.3. The first kappa shape index (κ1) is 17.0. The van der Waals surface area contributed by atoms with E-state index in [-0.39, 0.29) is 30.8 Å². The number of nitrogens with two attached hydrogens (primary N) is 1. The molecule has 0 aliphatic rings. The molecule has 0 saturated heterocycles. The smallest absolute Gasteiger partial charge is 0.406 e. The van der Waals surface area contributed by atoms with Gasteiger partial charge in [0, 0.05) is 12.6 Å². The first-order chi connectivity index (χ1) is 7.92. The molecule has 0 radical (unpaired) electrons. The normalized spacial score (nSPS) is 12.7. The maximum atomic E-state index is 11.9. The Morgan fingerprint density at radius 1 is 1.22 bits per heavy atom. The summed E-state index contributed by atoms with van der Waals surface area (Å²) in [6.07, 6.45) is -3.54. The SMILES string of the molecule is Cl.N[C@H](CCCO)c1ccc(OC(F)(F)F)cc1. The molecule has 1 aromatic carbocycles. The fourth-order valence-corrected chi connectivity index (χ4v) is 1.39. The molecule has 0 bridgehead atoms. The number of hydrogen-bond donors (Lipinski definition) is 2. The quantitative estimate of drug-likeness (QED) is 0.875. The molecule has 0 aliphatic heterocycles. The van der Waals surface area contributed by atoms with Gasteiger partial charge in [-0.1, -0.05) is 12.1 Å². The predicted molar refractivity (Wildman–Crippen MR) is 63.6 cm³/mol. The molecule has 0 spiro atoms. The maximum Gasteiger partial charge on any atom is 0.573 e. The van der Waals surface area contributed by atoms with Crippen molar-refractivity contribution >= 4 is 12.4 Å². The number of aliphatic hydroxyl groups is 1. The Morgan fingerprint density at radius 3 is 2.22 bits per heavy atom. The largest absolute Gasteiger partial charge is 0.573 e. The second kappa shape index (κ2) is 7.45. The zero-order valence-electron chi connectivity index (χ0n) is 9.48. The Labute approximate surface area is 109 Å². The summed E-state index contributed by atoms with van der Waals surface area (Å²) in [6.45, 7) is 0.0446. The highest BCUT2D eigenvalue weighted by atomic mass is 35.5. The number of hydrogen-bond acceptors (Lipinski definition) is 3. The molecule has 0 saturated carbocycles. The summed E-state index contributed by atoms with van der Waals surface area (Å²) in [5.41, 5.74) is 6.50. The summed E-state index contributed by atoms with van der Waals surface area (Å²) in [6, 6.07) is 5.14. The van der Waals surface area contributed by atoms with E-state index in [0.717, 1.165) is 0 Å². The highest BCUT2D eigenvalue weighted by Gasteiger charge is 2.30. The van der Waals surface area contributed by atoms with Gasteiger partial charge in [0.2, 0.25) is 0 Å². The lowest BCUT2D eigenvalue weighted by molar-refractivity contribution is -0.274. The lowest BCUT2D eigenvalue weighted by atomic mass is 10.0. The van der Waals surface area contributed by atoms with Crippen LogP contribution >= 0.6 is 12.4 Å². The summed E-state index contributed by atoms with van der Waals surface area (Å²) in [4.78, 5) is 0. The molecule has 3 N–H and O–H groups in total. The summed E-state index contributed by atoms with van der Waals surface area (Å²) in [5, 5.41) is 8.63. The van der Waals surface area contributed by atoms with Crippen molar-refractivity contribution in [3.8, 4) is 5.75 Å². The molecular weight excluding hydrogens is 271 g/mol. The Kier molecular flexibility index (Phi) is 7.05. The topological polar surface area (TPSA) is 55.5 Å². The van der Waals surface area contributed by atoms with E-state index in [1.165, 1.54) is 24.3 Å². The first-order valence-electron chi connectivity index (χ1n) is 5.14. The van der Waals surface area contributed by atoms with Gasteiger partial charge in [0.05, 0.1) is 0 Å². The molecule has 0 aromatic heterocycles. The standard InChI is InChI=1S/C11H14F3NO2.ClH/c12-11(13,14)17-9-5-3-8(4-6-9)10(15)2-1-7-16;/h3-6,10,16H,1-2,7,15H2;1H/t10-;/m1./s1. The van der Waals surface area contributed by atoms with Gasteiger partial charge in [-0.3, -0.25) is 0 Å². The van der Waals surface area contributed by atoms with E-state index in [2.05, 4.69) is 4.74 Å². The van der Waals surface area contributed by atoms with Crippen molar-refractivity contribution < 1.29 is 23.0 Å². The Balaban J connectivity index is 0.00000289. The summed E-state index contributed by atoms with van der Waals surface area (Å²) in [5.74, 6) is -0.268. The van der Waals surface area contributed by atoms with Crippen LogP contribution in [-0.2, 0) is 0 Å². The van der Waals surface area contributed by atoms with E-state index >= 15 is 0 Å². The molecule has 0 unspecified atom stereocenters. The minimum atomic E-state index is -4.68. The van der Waals surface area contributed by atoms with Crippen LogP contribution in [0.5, 0.6) is 5.75 Å². The number of ether oxygens (including phenoxy) is 1. The fourth-order valence-electron chi connectivity index (χ4n) is 1.39. The lowest BCUT2D eigenvalue weighted by Crippen LogP contribution is -2.17. The minimum absolute atomic E-state index is 0. The van der Waals surface area contributed by atoms with Crippen LogP contribution in [0.15, 0.2) is 24.3 Å². The van der Waals surface area contributed by atoms with Crippen molar-refractivity contribution in [2.24, 2.45) is 5.73 Å². The predicted octanol–water partition coefficient (Wildman–Crippen LogP) is 2.78. The molecule has 1 aromatic rings. The van der Waals surface area contributed by atoms with Gasteiger partial charge < -0.3 is 15.6 Å². The summed E-state index contributed by atoms with van der Waals surface area (Å²) >= 11 is 0. The van der Waals surface area contributed by atoms with Gasteiger partial charge in [0.1, 0.15) is 5.75 Å². The Morgan fingerprint density at radius 2 is 1.78 bits per heavy atom. The van der Waals surface area contributed by atoms with Gasteiger partial charge in [0.25, 0.3) is 0 Å². The second-order valence-corrected chi connectivity index (χ2v) is 3.59. The number of benzene rings is 1. The number of rotatable bonds is 5. The van der Waals surface area contributed by atoms with E-state index < -0.39 is 6.36 Å². The van der Waals surface area contributed by atoms with Crippen LogP contribution in [0.2, 0.25) is 0 Å². The van der Waals surface area contributed by atoms with Gasteiger partial charge in [-0.2, -0.15) is 0 Å².